The quantitative estimate of drug-likeness (QED) is 0.0815. The van der Waals surface area contributed by atoms with Crippen LogP contribution in [-0.4, -0.2) is 119 Å². The van der Waals surface area contributed by atoms with Crippen LogP contribution in [0.3, 0.4) is 0 Å². The van der Waals surface area contributed by atoms with E-state index in [1.165, 1.54) is 23.1 Å². The number of aliphatic hydroxyl groups excluding tert-OH is 1. The number of aryl methyl sites for hydroxylation is 1. The first-order valence-electron chi connectivity index (χ1n) is 24.5. The maximum Gasteiger partial charge on any atom is 0.243 e. The van der Waals surface area contributed by atoms with E-state index in [2.05, 4.69) is 40.6 Å². The second kappa shape index (κ2) is 21.4. The Morgan fingerprint density at radius 2 is 1.72 bits per heavy atom. The van der Waals surface area contributed by atoms with E-state index >= 15 is 4.39 Å². The molecule has 0 radical (unpaired) electrons. The molecular weight excluding hydrogens is 906 g/mol. The number of carbonyl (C=O) groups is 2. The van der Waals surface area contributed by atoms with Gasteiger partial charge in [0, 0.05) is 82.8 Å². The van der Waals surface area contributed by atoms with Gasteiger partial charge in [-0.15, -0.1) is 10.2 Å². The number of nitrogen functional groups attached to an aromatic ring is 1. The van der Waals surface area contributed by atoms with Gasteiger partial charge >= 0.3 is 0 Å². The number of hydrogen-bond donors (Lipinski definition) is 4. The number of anilines is 2. The maximum absolute atomic E-state index is 15.6. The lowest BCUT2D eigenvalue weighted by Gasteiger charge is -2.37. The van der Waals surface area contributed by atoms with Crippen LogP contribution in [0.4, 0.5) is 16.0 Å². The number of halogens is 1. The molecule has 2 amide bonds. The summed E-state index contributed by atoms with van der Waals surface area (Å²) < 4.78 is 29.6. The van der Waals surface area contributed by atoms with E-state index in [1.54, 1.807) is 42.7 Å². The highest BCUT2D eigenvalue weighted by molar-refractivity contribution is 5.91. The fourth-order valence-corrected chi connectivity index (χ4v) is 10.1. The summed E-state index contributed by atoms with van der Waals surface area (Å²) in [7, 11) is 1.89. The third-order valence-corrected chi connectivity index (χ3v) is 14.1. The summed E-state index contributed by atoms with van der Waals surface area (Å²) in [6, 6.07) is 22.1. The Kier molecular flexibility index (Phi) is 14.7. The van der Waals surface area contributed by atoms with Gasteiger partial charge in [0.25, 0.3) is 0 Å². The molecule has 0 spiro atoms. The van der Waals surface area contributed by atoms with Crippen LogP contribution in [-0.2, 0) is 16.6 Å². The average Bonchev–Trinajstić information content (AvgIpc) is 4.13. The molecule has 6 aromatic rings. The van der Waals surface area contributed by atoms with E-state index in [0.717, 1.165) is 75.2 Å². The van der Waals surface area contributed by atoms with Gasteiger partial charge in [0.2, 0.25) is 17.7 Å². The molecule has 18 heteroatoms. The van der Waals surface area contributed by atoms with Crippen molar-refractivity contribution in [2.75, 3.05) is 49.9 Å². The second-order valence-electron chi connectivity index (χ2n) is 19.4. The van der Waals surface area contributed by atoms with Crippen LogP contribution in [0.1, 0.15) is 87.3 Å². The van der Waals surface area contributed by atoms with Crippen LogP contribution >= 0.6 is 0 Å². The minimum atomic E-state index is -0.823. The highest BCUT2D eigenvalue weighted by Crippen LogP contribution is 2.35. The monoisotopic (exact) mass is 967 g/mol. The van der Waals surface area contributed by atoms with Gasteiger partial charge in [-0.3, -0.25) is 14.3 Å². The molecule has 0 aliphatic carbocycles. The van der Waals surface area contributed by atoms with E-state index in [1.807, 2.05) is 68.9 Å². The molecule has 0 bridgehead atoms. The molecule has 3 saturated heterocycles. The van der Waals surface area contributed by atoms with Gasteiger partial charge in [0.15, 0.2) is 17.4 Å². The van der Waals surface area contributed by atoms with E-state index < -0.39 is 23.9 Å². The summed E-state index contributed by atoms with van der Waals surface area (Å²) in [5.74, 6) is 0.000761. The number of aliphatic hydroxyl groups is 1. The molecule has 71 heavy (non-hydrogen) atoms. The first-order valence-corrected chi connectivity index (χ1v) is 24.5. The number of aromatic nitrogens is 6. The van der Waals surface area contributed by atoms with Gasteiger partial charge in [0.05, 0.1) is 29.1 Å². The molecule has 0 unspecified atom stereocenters. The van der Waals surface area contributed by atoms with Gasteiger partial charge in [-0.2, -0.15) is 5.10 Å². The van der Waals surface area contributed by atoms with E-state index in [4.69, 9.17) is 15.0 Å². The Morgan fingerprint density at radius 1 is 0.958 bits per heavy atom. The zero-order valence-corrected chi connectivity index (χ0v) is 40.6. The highest BCUT2D eigenvalue weighted by atomic mass is 19.1. The Labute approximate surface area is 412 Å². The lowest BCUT2D eigenvalue weighted by atomic mass is 9.91. The topological polar surface area (TPSA) is 214 Å². The summed E-state index contributed by atoms with van der Waals surface area (Å²) in [6.45, 7) is 10.3. The van der Waals surface area contributed by atoms with Gasteiger partial charge in [0.1, 0.15) is 29.6 Å². The van der Waals surface area contributed by atoms with E-state index in [9.17, 15) is 19.8 Å². The third-order valence-electron chi connectivity index (χ3n) is 14.1. The summed E-state index contributed by atoms with van der Waals surface area (Å²) >= 11 is 0. The first kappa shape index (κ1) is 48.8. The van der Waals surface area contributed by atoms with Crippen molar-refractivity contribution in [3.05, 3.63) is 114 Å². The zero-order chi connectivity index (χ0) is 49.8. The molecule has 3 aliphatic heterocycles. The predicted octanol–water partition coefficient (Wildman–Crippen LogP) is 7.02. The molecule has 3 fully saturated rings. The number of β-amino-alcohol motifs (C(OH)–C–C–N with tert-alkyl or cyclic N) is 1. The van der Waals surface area contributed by atoms with Crippen molar-refractivity contribution in [1.29, 1.82) is 0 Å². The third kappa shape index (κ3) is 11.2. The van der Waals surface area contributed by atoms with Crippen LogP contribution in [0, 0.1) is 11.8 Å². The fourth-order valence-electron chi connectivity index (χ4n) is 10.1. The number of phenolic OH excluding ortho intramolecular Hbond substituents is 1. The normalized spacial score (nSPS) is 19.3. The Bertz CT molecular complexity index is 2840. The van der Waals surface area contributed by atoms with Crippen molar-refractivity contribution in [3.63, 3.8) is 0 Å². The summed E-state index contributed by atoms with van der Waals surface area (Å²) in [5.41, 5.74) is 10.3. The number of nitrogens with two attached hydrogens (primary N) is 1. The largest absolute Gasteiger partial charge is 0.507 e. The standard InChI is InChI=1S/C53H62FN11O6/c1-32(2)50(53(69)65-31-38(66)27-45(65)52(68)58-33(3)36-9-11-37(12-10-36)44-14-20-57-62(44)4)47-29-48(61-71-47)64-23-15-34(16-24-64)30-63-21-17-39(18-22-63)70-49-26-35(13-19-56-49)25-42(54)41-28-43(59-60-51(41)55)40-7-5-6-8-46(40)67/h5-14,19-20,25-26,28-29,32-34,38-39,45,50,66-67H,15-18,21-24,27,30-31H2,1-4H3,(H2,55,60)(H,58,68)/b42-25-/t33-,38+,45-,50+/m0/s1. The number of nitrogens with one attached hydrogen (secondary N) is 1. The maximum atomic E-state index is 15.6. The number of ether oxygens (including phenoxy) is 1. The Morgan fingerprint density at radius 3 is 2.44 bits per heavy atom. The lowest BCUT2D eigenvalue weighted by Crippen LogP contribution is -2.48. The zero-order valence-electron chi connectivity index (χ0n) is 40.6. The molecule has 0 saturated carbocycles. The van der Waals surface area contributed by atoms with Gasteiger partial charge in [-0.1, -0.05) is 55.4 Å². The molecule has 2 aromatic carbocycles. The number of nitrogens with zero attached hydrogens (tertiary/aromatic N) is 9. The molecule has 4 aromatic heterocycles. The van der Waals surface area contributed by atoms with Crippen LogP contribution in [0.25, 0.3) is 34.4 Å². The molecule has 372 valence electrons. The number of rotatable bonds is 15. The van der Waals surface area contributed by atoms with Crippen molar-refractivity contribution >= 4 is 35.4 Å². The number of likely N-dealkylation sites (tertiary alicyclic amines) is 2. The fraction of sp³-hybridized carbons (Fsp3) is 0.415. The van der Waals surface area contributed by atoms with Gasteiger partial charge < -0.3 is 45.2 Å². The molecular formula is C53H62FN11O6. The number of hydrogen-bond acceptors (Lipinski definition) is 14. The predicted molar refractivity (Wildman–Crippen MR) is 267 cm³/mol. The summed E-state index contributed by atoms with van der Waals surface area (Å²) in [5, 5.41) is 40.8. The molecule has 5 N–H and O–H groups in total. The van der Waals surface area contributed by atoms with Crippen molar-refractivity contribution in [2.45, 2.75) is 83.1 Å². The minimum Gasteiger partial charge on any atom is -0.507 e. The van der Waals surface area contributed by atoms with Crippen LogP contribution in [0.5, 0.6) is 11.6 Å². The van der Waals surface area contributed by atoms with E-state index in [0.29, 0.717) is 40.2 Å². The van der Waals surface area contributed by atoms with Crippen molar-refractivity contribution in [1.82, 2.24) is 45.2 Å². The highest BCUT2D eigenvalue weighted by Gasteiger charge is 2.44. The smallest absolute Gasteiger partial charge is 0.243 e. The van der Waals surface area contributed by atoms with Crippen molar-refractivity contribution in [3.8, 4) is 34.1 Å². The van der Waals surface area contributed by atoms with Crippen LogP contribution in [0.2, 0.25) is 0 Å². The number of amides is 2. The first-order chi connectivity index (χ1) is 34.3. The number of pyridine rings is 1. The summed E-state index contributed by atoms with van der Waals surface area (Å²) in [4.78, 5) is 38.8. The summed E-state index contributed by atoms with van der Waals surface area (Å²) in [6.07, 6.45) is 7.64. The van der Waals surface area contributed by atoms with Crippen molar-refractivity contribution < 1.29 is 33.5 Å². The lowest BCUT2D eigenvalue weighted by molar-refractivity contribution is -0.141. The number of benzene rings is 2. The Balaban J connectivity index is 0.740. The number of para-hydroxylation sites is 1. The molecule has 4 atom stereocenters. The second-order valence-corrected chi connectivity index (χ2v) is 19.4. The molecule has 3 aliphatic rings. The number of phenols is 1. The average molecular weight is 968 g/mol. The van der Waals surface area contributed by atoms with Crippen LogP contribution < -0.4 is 20.7 Å². The number of piperidine rings is 2. The van der Waals surface area contributed by atoms with Crippen molar-refractivity contribution in [2.24, 2.45) is 18.9 Å². The van der Waals surface area contributed by atoms with Gasteiger partial charge in [-0.25, -0.2) is 9.37 Å². The molecule has 7 heterocycles. The molecule has 17 nitrogen and oxygen atoms in total. The van der Waals surface area contributed by atoms with E-state index in [-0.39, 0.29) is 60.0 Å². The molecule has 9 rings (SSSR count). The number of carbonyl (C=O) groups excluding carboxylic acids is 2. The number of aromatic hydroxyl groups is 1. The van der Waals surface area contributed by atoms with Crippen LogP contribution in [0.15, 0.2) is 95.8 Å². The van der Waals surface area contributed by atoms with Gasteiger partial charge in [-0.05, 0) is 97.5 Å². The Hall–Kier alpha value is -7.18. The minimum absolute atomic E-state index is 0.00407. The SMILES string of the molecule is CC(C)[C@@H](C(=O)N1C[C@H](O)C[C@H]1C(=O)N[C@@H](C)c1ccc(-c2ccnn2C)cc1)c1cc(N2CCC(CN3CCC(Oc4cc(/C=C(\F)c5cc(-c6ccccc6O)nnc5N)ccn4)CC3)CC2)no1.